The summed E-state index contributed by atoms with van der Waals surface area (Å²) in [6.07, 6.45) is 0. The van der Waals surface area contributed by atoms with E-state index in [4.69, 9.17) is 0 Å². The van der Waals surface area contributed by atoms with Gasteiger partial charge in [0.25, 0.3) is 0 Å². The average Bonchev–Trinajstić information content (AvgIpc) is 2.49. The molecule has 3 heteroatoms. The van der Waals surface area contributed by atoms with Crippen LogP contribution in [0.2, 0.25) is 0 Å². The third-order valence-corrected chi connectivity index (χ3v) is 4.20. The van der Waals surface area contributed by atoms with Gasteiger partial charge in [-0.1, -0.05) is 42.0 Å². The minimum absolute atomic E-state index is 0.111. The fourth-order valence-electron chi connectivity index (χ4n) is 3.06. The molecule has 0 spiro atoms. The number of nitrogens with one attached hydrogen (secondary N) is 1. The highest BCUT2D eigenvalue weighted by Gasteiger charge is 2.21. The zero-order chi connectivity index (χ0) is 14.7. The number of halogens is 1. The molecule has 1 aliphatic rings. The lowest BCUT2D eigenvalue weighted by Gasteiger charge is -2.33. The summed E-state index contributed by atoms with van der Waals surface area (Å²) in [6.45, 7) is 7.15. The van der Waals surface area contributed by atoms with E-state index in [1.807, 2.05) is 12.1 Å². The van der Waals surface area contributed by atoms with Gasteiger partial charge in [-0.3, -0.25) is 0 Å². The summed E-state index contributed by atoms with van der Waals surface area (Å²) >= 11 is 0. The van der Waals surface area contributed by atoms with Crippen LogP contribution in [0.3, 0.4) is 0 Å². The van der Waals surface area contributed by atoms with Crippen molar-refractivity contribution < 1.29 is 9.29 Å². The van der Waals surface area contributed by atoms with Crippen LogP contribution in [0.5, 0.6) is 0 Å². The maximum atomic E-state index is 13.8. The second kappa shape index (κ2) is 6.27. The largest absolute Gasteiger partial charge is 0.358 e. The number of hydrogen-bond acceptors (Lipinski definition) is 1. The van der Waals surface area contributed by atoms with Crippen LogP contribution < -0.4 is 9.80 Å². The Bertz CT molecular complexity index is 604. The molecule has 1 N–H and O–H groups in total. The highest BCUT2D eigenvalue weighted by atomic mass is 19.1. The Hall–Kier alpha value is -1.87. The fraction of sp³-hybridized carbons (Fsp3) is 0.333. The molecule has 21 heavy (non-hydrogen) atoms. The molecule has 1 aliphatic heterocycles. The molecule has 110 valence electrons. The molecule has 0 aliphatic carbocycles. The molecule has 2 aromatic carbocycles. The minimum atomic E-state index is -0.111. The lowest BCUT2D eigenvalue weighted by Crippen LogP contribution is -3.13. The molecule has 2 aromatic rings. The maximum absolute atomic E-state index is 13.8. The van der Waals surface area contributed by atoms with Crippen LogP contribution in [-0.2, 0) is 6.54 Å². The standard InChI is InChI=1S/C18H21FN2/c1-15-5-4-6-16(13-15)14-20-9-11-21(12-10-20)18-8-3-2-7-17(18)19/h2-8,13H,9-12,14H2,1H3/p+1. The minimum Gasteiger partial charge on any atom is -0.358 e. The van der Waals surface area contributed by atoms with Crippen LogP contribution in [0.4, 0.5) is 10.1 Å². The van der Waals surface area contributed by atoms with E-state index in [0.717, 1.165) is 38.4 Å². The molecule has 0 bridgehead atoms. The summed E-state index contributed by atoms with van der Waals surface area (Å²) in [5, 5.41) is 0. The SMILES string of the molecule is Cc1cccc(C[NH+]2CCN(c3ccccc3F)CC2)c1. The van der Waals surface area contributed by atoms with Crippen LogP contribution >= 0.6 is 0 Å². The molecule has 0 amide bonds. The quantitative estimate of drug-likeness (QED) is 0.907. The molecule has 0 atom stereocenters. The van der Waals surface area contributed by atoms with Gasteiger partial charge < -0.3 is 9.80 Å². The van der Waals surface area contributed by atoms with Gasteiger partial charge in [0.05, 0.1) is 31.9 Å². The number of nitrogens with zero attached hydrogens (tertiary/aromatic N) is 1. The molecule has 3 rings (SSSR count). The van der Waals surface area contributed by atoms with Gasteiger partial charge in [0.15, 0.2) is 0 Å². The number of anilines is 1. The first kappa shape index (κ1) is 14.1. The van der Waals surface area contributed by atoms with Crippen molar-refractivity contribution in [3.8, 4) is 0 Å². The van der Waals surface area contributed by atoms with Crippen molar-refractivity contribution in [2.24, 2.45) is 0 Å². The number of rotatable bonds is 3. The number of quaternary nitrogens is 1. The number of para-hydroxylation sites is 1. The van der Waals surface area contributed by atoms with E-state index in [9.17, 15) is 4.39 Å². The Morgan fingerprint density at radius 2 is 1.81 bits per heavy atom. The molecule has 2 nitrogen and oxygen atoms in total. The molecule has 1 heterocycles. The summed E-state index contributed by atoms with van der Waals surface area (Å²) in [7, 11) is 0. The third-order valence-electron chi connectivity index (χ3n) is 4.20. The first-order valence-corrected chi connectivity index (χ1v) is 7.61. The Morgan fingerprint density at radius 1 is 1.05 bits per heavy atom. The monoisotopic (exact) mass is 285 g/mol. The molecule has 0 radical (unpaired) electrons. The van der Waals surface area contributed by atoms with E-state index >= 15 is 0 Å². The lowest BCUT2D eigenvalue weighted by atomic mass is 10.1. The van der Waals surface area contributed by atoms with E-state index in [2.05, 4.69) is 36.1 Å². The molecule has 0 unspecified atom stereocenters. The van der Waals surface area contributed by atoms with Crippen molar-refractivity contribution in [1.82, 2.24) is 0 Å². The van der Waals surface area contributed by atoms with Gasteiger partial charge in [0.2, 0.25) is 0 Å². The van der Waals surface area contributed by atoms with E-state index in [1.165, 1.54) is 11.1 Å². The topological polar surface area (TPSA) is 7.68 Å². The van der Waals surface area contributed by atoms with Crippen LogP contribution in [0.1, 0.15) is 11.1 Å². The second-order valence-corrected chi connectivity index (χ2v) is 5.85. The van der Waals surface area contributed by atoms with Crippen LogP contribution in [0.25, 0.3) is 0 Å². The average molecular weight is 285 g/mol. The van der Waals surface area contributed by atoms with Crippen LogP contribution in [0.15, 0.2) is 48.5 Å². The van der Waals surface area contributed by atoms with Gasteiger partial charge in [-0.15, -0.1) is 0 Å². The highest BCUT2D eigenvalue weighted by molar-refractivity contribution is 5.47. The van der Waals surface area contributed by atoms with Gasteiger partial charge >= 0.3 is 0 Å². The predicted octanol–water partition coefficient (Wildman–Crippen LogP) is 2.04. The molecule has 0 saturated carbocycles. The normalized spacial score (nSPS) is 16.2. The van der Waals surface area contributed by atoms with Gasteiger partial charge in [0.1, 0.15) is 12.4 Å². The van der Waals surface area contributed by atoms with Crippen molar-refractivity contribution in [2.75, 3.05) is 31.1 Å². The van der Waals surface area contributed by atoms with Gasteiger partial charge in [0, 0.05) is 5.56 Å². The molecule has 1 fully saturated rings. The second-order valence-electron chi connectivity index (χ2n) is 5.85. The molecular formula is C18H22FN2+. The Morgan fingerprint density at radius 3 is 2.52 bits per heavy atom. The number of aryl methyl sites for hydroxylation is 1. The number of piperazine rings is 1. The highest BCUT2D eigenvalue weighted by Crippen LogP contribution is 2.18. The predicted molar refractivity (Wildman–Crippen MR) is 84.2 cm³/mol. The first-order chi connectivity index (χ1) is 10.2. The number of hydrogen-bond donors (Lipinski definition) is 1. The smallest absolute Gasteiger partial charge is 0.146 e. The lowest BCUT2D eigenvalue weighted by molar-refractivity contribution is -0.914. The molecular weight excluding hydrogens is 263 g/mol. The summed E-state index contributed by atoms with van der Waals surface area (Å²) in [6, 6.07) is 15.8. The summed E-state index contributed by atoms with van der Waals surface area (Å²) < 4.78 is 13.8. The van der Waals surface area contributed by atoms with Crippen molar-refractivity contribution in [2.45, 2.75) is 13.5 Å². The summed E-state index contributed by atoms with van der Waals surface area (Å²) in [5.41, 5.74) is 3.45. The van der Waals surface area contributed by atoms with E-state index < -0.39 is 0 Å². The van der Waals surface area contributed by atoms with Crippen molar-refractivity contribution >= 4 is 5.69 Å². The third kappa shape index (κ3) is 3.42. The Balaban J connectivity index is 1.59. The van der Waals surface area contributed by atoms with Gasteiger partial charge in [-0.2, -0.15) is 0 Å². The van der Waals surface area contributed by atoms with Crippen molar-refractivity contribution in [1.29, 1.82) is 0 Å². The Labute approximate surface area is 125 Å². The molecule has 1 saturated heterocycles. The van der Waals surface area contributed by atoms with Crippen LogP contribution in [-0.4, -0.2) is 26.2 Å². The van der Waals surface area contributed by atoms with Crippen molar-refractivity contribution in [3.05, 3.63) is 65.5 Å². The van der Waals surface area contributed by atoms with E-state index in [-0.39, 0.29) is 5.82 Å². The zero-order valence-electron chi connectivity index (χ0n) is 12.5. The summed E-state index contributed by atoms with van der Waals surface area (Å²) in [5.74, 6) is -0.111. The van der Waals surface area contributed by atoms with Crippen molar-refractivity contribution in [3.63, 3.8) is 0 Å². The summed E-state index contributed by atoms with van der Waals surface area (Å²) in [4.78, 5) is 3.74. The van der Waals surface area contributed by atoms with E-state index in [0.29, 0.717) is 0 Å². The Kier molecular flexibility index (Phi) is 4.20. The zero-order valence-corrected chi connectivity index (χ0v) is 12.5. The van der Waals surface area contributed by atoms with Crippen LogP contribution in [0, 0.1) is 12.7 Å². The number of benzene rings is 2. The molecule has 0 aromatic heterocycles. The fourth-order valence-corrected chi connectivity index (χ4v) is 3.06. The van der Waals surface area contributed by atoms with E-state index in [1.54, 1.807) is 17.0 Å². The van der Waals surface area contributed by atoms with Gasteiger partial charge in [-0.25, -0.2) is 4.39 Å². The maximum Gasteiger partial charge on any atom is 0.146 e. The van der Waals surface area contributed by atoms with Gasteiger partial charge in [-0.05, 0) is 19.1 Å². The first-order valence-electron chi connectivity index (χ1n) is 7.61.